The molecule has 0 aliphatic heterocycles. The fourth-order valence-corrected chi connectivity index (χ4v) is 1.45. The number of aromatic nitrogens is 3. The van der Waals surface area contributed by atoms with Gasteiger partial charge in [0.1, 0.15) is 6.73 Å². The Morgan fingerprint density at radius 1 is 1.35 bits per heavy atom. The molecule has 0 radical (unpaired) electrons. The first kappa shape index (κ1) is 14.2. The molecule has 98 valence electrons. The van der Waals surface area contributed by atoms with Crippen molar-refractivity contribution in [2.75, 3.05) is 6.61 Å². The molecule has 0 aliphatic rings. The second kappa shape index (κ2) is 6.15. The molecule has 0 spiro atoms. The Morgan fingerprint density at radius 3 is 2.65 bits per heavy atom. The average Bonchev–Trinajstić information content (AvgIpc) is 2.58. The largest absolute Gasteiger partial charge is 0.359 e. The van der Waals surface area contributed by atoms with Gasteiger partial charge in [-0.25, -0.2) is 4.68 Å². The van der Waals surface area contributed by atoms with Crippen molar-refractivity contribution in [1.29, 1.82) is 0 Å². The van der Waals surface area contributed by atoms with Crippen LogP contribution in [0.1, 0.15) is 46.7 Å². The fraction of sp³-hybridized carbons (Fsp3) is 0.846. The van der Waals surface area contributed by atoms with Gasteiger partial charge in [0.15, 0.2) is 0 Å². The van der Waals surface area contributed by atoms with Gasteiger partial charge < -0.3 is 4.74 Å². The smallest absolute Gasteiger partial charge is 0.141 e. The van der Waals surface area contributed by atoms with Crippen LogP contribution in [0.3, 0.4) is 0 Å². The fourth-order valence-electron chi connectivity index (χ4n) is 1.45. The molecule has 0 N–H and O–H groups in total. The van der Waals surface area contributed by atoms with Crippen molar-refractivity contribution < 1.29 is 4.74 Å². The predicted molar refractivity (Wildman–Crippen MR) is 68.6 cm³/mol. The molecule has 0 aliphatic carbocycles. The Bertz CT molecular complexity index is 326. The molecule has 4 heteroatoms. The van der Waals surface area contributed by atoms with Crippen LogP contribution in [0.25, 0.3) is 0 Å². The number of hydrogen-bond donors (Lipinski definition) is 0. The summed E-state index contributed by atoms with van der Waals surface area (Å²) in [5.41, 5.74) is 1.37. The highest BCUT2D eigenvalue weighted by atomic mass is 16.5. The van der Waals surface area contributed by atoms with Gasteiger partial charge in [0.2, 0.25) is 0 Å². The first-order valence-electron chi connectivity index (χ1n) is 6.33. The summed E-state index contributed by atoms with van der Waals surface area (Å²) >= 11 is 0. The molecule has 0 bridgehead atoms. The zero-order valence-electron chi connectivity index (χ0n) is 11.7. The van der Waals surface area contributed by atoms with Crippen LogP contribution >= 0.6 is 0 Å². The second-order valence-corrected chi connectivity index (χ2v) is 6.20. The van der Waals surface area contributed by atoms with Crippen molar-refractivity contribution in [3.63, 3.8) is 0 Å². The number of nitrogens with zero attached hydrogens (tertiary/aromatic N) is 3. The van der Waals surface area contributed by atoms with Gasteiger partial charge in [0.25, 0.3) is 0 Å². The normalized spacial score (nSPS) is 12.4. The lowest BCUT2D eigenvalue weighted by atomic mass is 9.93. The molecule has 1 rings (SSSR count). The van der Waals surface area contributed by atoms with E-state index in [0.29, 0.717) is 18.1 Å². The summed E-state index contributed by atoms with van der Waals surface area (Å²) in [5.74, 6) is 0.613. The maximum Gasteiger partial charge on any atom is 0.141 e. The maximum absolute atomic E-state index is 5.57. The highest BCUT2D eigenvalue weighted by Gasteiger charge is 2.09. The van der Waals surface area contributed by atoms with E-state index in [4.69, 9.17) is 4.74 Å². The molecule has 1 aromatic heterocycles. The first-order chi connectivity index (χ1) is 7.87. The molecule has 0 fully saturated rings. The summed E-state index contributed by atoms with van der Waals surface area (Å²) in [6, 6.07) is 0. The molecule has 0 unspecified atom stereocenters. The average molecular weight is 239 g/mol. The monoisotopic (exact) mass is 239 g/mol. The summed E-state index contributed by atoms with van der Waals surface area (Å²) in [6.07, 6.45) is 4.00. The summed E-state index contributed by atoms with van der Waals surface area (Å²) in [4.78, 5) is 0. The molecular weight excluding hydrogens is 214 g/mol. The van der Waals surface area contributed by atoms with Crippen molar-refractivity contribution in [2.24, 2.45) is 11.3 Å². The Morgan fingerprint density at radius 2 is 2.06 bits per heavy atom. The lowest BCUT2D eigenvalue weighted by Crippen LogP contribution is -2.11. The van der Waals surface area contributed by atoms with Gasteiger partial charge in [-0.2, -0.15) is 0 Å². The Hall–Kier alpha value is -0.900. The summed E-state index contributed by atoms with van der Waals surface area (Å²) in [6.45, 7) is 12.3. The molecule has 1 heterocycles. The third-order valence-electron chi connectivity index (χ3n) is 2.42. The van der Waals surface area contributed by atoms with E-state index in [0.717, 1.165) is 25.1 Å². The van der Waals surface area contributed by atoms with Crippen LogP contribution in [0.2, 0.25) is 0 Å². The Labute approximate surface area is 104 Å². The van der Waals surface area contributed by atoms with Gasteiger partial charge in [-0.1, -0.05) is 39.8 Å². The summed E-state index contributed by atoms with van der Waals surface area (Å²) in [7, 11) is 0. The minimum Gasteiger partial charge on any atom is -0.359 e. The van der Waals surface area contributed by atoms with Gasteiger partial charge in [-0.15, -0.1) is 5.10 Å². The van der Waals surface area contributed by atoms with Crippen molar-refractivity contribution >= 4 is 0 Å². The molecule has 1 aromatic rings. The lowest BCUT2D eigenvalue weighted by molar-refractivity contribution is 0.0507. The Kier molecular flexibility index (Phi) is 5.12. The van der Waals surface area contributed by atoms with Crippen LogP contribution in [-0.4, -0.2) is 21.6 Å². The molecule has 0 saturated carbocycles. The summed E-state index contributed by atoms with van der Waals surface area (Å²) in [5, 5.41) is 8.16. The van der Waals surface area contributed by atoms with E-state index in [9.17, 15) is 0 Å². The standard InChI is InChI=1S/C13H25N3O/c1-11(2)8-12-9-16(15-14-12)10-17-7-6-13(3,4)5/h9,11H,6-8,10H2,1-5H3. The quantitative estimate of drug-likeness (QED) is 0.717. The number of rotatable bonds is 6. The Balaban J connectivity index is 2.25. The highest BCUT2D eigenvalue weighted by molar-refractivity contribution is 4.92. The molecule has 17 heavy (non-hydrogen) atoms. The predicted octanol–water partition coefficient (Wildman–Crippen LogP) is 2.89. The zero-order chi connectivity index (χ0) is 12.9. The van der Waals surface area contributed by atoms with E-state index >= 15 is 0 Å². The highest BCUT2D eigenvalue weighted by Crippen LogP contribution is 2.17. The second-order valence-electron chi connectivity index (χ2n) is 6.20. The van der Waals surface area contributed by atoms with Crippen LogP contribution in [0, 0.1) is 11.3 Å². The van der Waals surface area contributed by atoms with Crippen LogP contribution in [0.5, 0.6) is 0 Å². The molecular formula is C13H25N3O. The van der Waals surface area contributed by atoms with E-state index in [1.807, 2.05) is 6.20 Å². The zero-order valence-corrected chi connectivity index (χ0v) is 11.7. The summed E-state index contributed by atoms with van der Waals surface area (Å²) < 4.78 is 7.34. The number of hydrogen-bond acceptors (Lipinski definition) is 3. The molecule has 0 atom stereocenters. The third-order valence-corrected chi connectivity index (χ3v) is 2.42. The van der Waals surface area contributed by atoms with Crippen LogP contribution in [-0.2, 0) is 17.9 Å². The van der Waals surface area contributed by atoms with Gasteiger partial charge in [-0.05, 0) is 24.2 Å². The van der Waals surface area contributed by atoms with E-state index in [2.05, 4.69) is 44.9 Å². The van der Waals surface area contributed by atoms with E-state index in [1.54, 1.807) is 4.68 Å². The van der Waals surface area contributed by atoms with Crippen molar-refractivity contribution in [3.8, 4) is 0 Å². The van der Waals surface area contributed by atoms with E-state index in [1.165, 1.54) is 0 Å². The van der Waals surface area contributed by atoms with Gasteiger partial charge in [-0.3, -0.25) is 0 Å². The minimum absolute atomic E-state index is 0.325. The molecule has 0 saturated heterocycles. The van der Waals surface area contributed by atoms with Crippen molar-refractivity contribution in [2.45, 2.75) is 54.2 Å². The molecule has 0 amide bonds. The lowest BCUT2D eigenvalue weighted by Gasteiger charge is -2.17. The van der Waals surface area contributed by atoms with Gasteiger partial charge in [0, 0.05) is 6.61 Å². The third kappa shape index (κ3) is 6.41. The van der Waals surface area contributed by atoms with Crippen molar-refractivity contribution in [3.05, 3.63) is 11.9 Å². The van der Waals surface area contributed by atoms with Crippen LogP contribution < -0.4 is 0 Å². The minimum atomic E-state index is 0.325. The molecule has 4 nitrogen and oxygen atoms in total. The van der Waals surface area contributed by atoms with Crippen LogP contribution in [0.4, 0.5) is 0 Å². The number of ether oxygens (including phenoxy) is 1. The maximum atomic E-state index is 5.57. The van der Waals surface area contributed by atoms with E-state index in [-0.39, 0.29) is 0 Å². The van der Waals surface area contributed by atoms with Crippen LogP contribution in [0.15, 0.2) is 6.20 Å². The molecule has 0 aromatic carbocycles. The topological polar surface area (TPSA) is 39.9 Å². The van der Waals surface area contributed by atoms with Gasteiger partial charge >= 0.3 is 0 Å². The SMILES string of the molecule is CC(C)Cc1cn(COCCC(C)(C)C)nn1. The van der Waals surface area contributed by atoms with E-state index < -0.39 is 0 Å². The van der Waals surface area contributed by atoms with Crippen molar-refractivity contribution in [1.82, 2.24) is 15.0 Å². The first-order valence-corrected chi connectivity index (χ1v) is 6.33. The van der Waals surface area contributed by atoms with Gasteiger partial charge in [0.05, 0.1) is 11.9 Å².